The summed E-state index contributed by atoms with van der Waals surface area (Å²) in [5.41, 5.74) is 2.82. The second-order valence-corrected chi connectivity index (χ2v) is 11.1. The van der Waals surface area contributed by atoms with E-state index < -0.39 is 12.0 Å². The summed E-state index contributed by atoms with van der Waals surface area (Å²) in [6.45, 7) is 2.80. The minimum absolute atomic E-state index is 0.0736. The fraction of sp³-hybridized carbons (Fsp3) is 0.444. The molecular weight excluding hydrogens is 620 g/mol. The second-order valence-electron chi connectivity index (χ2n) is 11.1. The van der Waals surface area contributed by atoms with E-state index >= 15 is 0 Å². The van der Waals surface area contributed by atoms with Gasteiger partial charge in [0.05, 0.1) is 66.5 Å². The third-order valence-electron chi connectivity index (χ3n) is 7.64. The number of benzene rings is 2. The van der Waals surface area contributed by atoms with Crippen molar-refractivity contribution in [2.24, 2.45) is 0 Å². The molecule has 1 heterocycles. The van der Waals surface area contributed by atoms with Gasteiger partial charge in [-0.2, -0.15) is 0 Å². The van der Waals surface area contributed by atoms with Crippen LogP contribution in [0.15, 0.2) is 77.9 Å². The van der Waals surface area contributed by atoms with Gasteiger partial charge in [0.2, 0.25) is 5.91 Å². The van der Waals surface area contributed by atoms with Gasteiger partial charge in [-0.15, -0.1) is 0 Å². The minimum Gasteiger partial charge on any atom is -0.497 e. The highest BCUT2D eigenvalue weighted by molar-refractivity contribution is 6.20. The van der Waals surface area contributed by atoms with E-state index in [4.69, 9.17) is 28.4 Å². The molecule has 2 aromatic carbocycles. The lowest BCUT2D eigenvalue weighted by Gasteiger charge is -2.18. The maximum absolute atomic E-state index is 12.9. The van der Waals surface area contributed by atoms with Gasteiger partial charge in [0.25, 0.3) is 11.8 Å². The van der Waals surface area contributed by atoms with Gasteiger partial charge >= 0.3 is 5.97 Å². The Labute approximate surface area is 280 Å². The number of allylic oxidation sites excluding steroid dienone is 1. The van der Waals surface area contributed by atoms with Crippen LogP contribution in [0, 0.1) is 0 Å². The Morgan fingerprint density at radius 3 is 2.08 bits per heavy atom. The minimum atomic E-state index is -0.859. The van der Waals surface area contributed by atoms with Gasteiger partial charge in [0, 0.05) is 24.0 Å². The quantitative estimate of drug-likeness (QED) is 0.114. The lowest BCUT2D eigenvalue weighted by atomic mass is 10.00. The van der Waals surface area contributed by atoms with Crippen molar-refractivity contribution in [1.29, 1.82) is 0 Å². The molecule has 1 atom stereocenters. The van der Waals surface area contributed by atoms with Gasteiger partial charge in [-0.1, -0.05) is 54.6 Å². The summed E-state index contributed by atoms with van der Waals surface area (Å²) < 4.78 is 32.7. The van der Waals surface area contributed by atoms with E-state index in [1.807, 2.05) is 48.5 Å². The topological polar surface area (TPSA) is 139 Å². The van der Waals surface area contributed by atoms with Gasteiger partial charge in [-0.3, -0.25) is 19.3 Å². The Hall–Kier alpha value is -4.36. The monoisotopic (exact) mass is 664 g/mol. The first kappa shape index (κ1) is 36.5. The molecule has 0 spiro atoms. The van der Waals surface area contributed by atoms with Crippen molar-refractivity contribution >= 4 is 23.7 Å². The molecule has 0 bridgehead atoms. The highest BCUT2D eigenvalue weighted by atomic mass is 16.6. The first-order valence-electron chi connectivity index (χ1n) is 16.2. The van der Waals surface area contributed by atoms with E-state index in [1.165, 1.54) is 4.90 Å². The van der Waals surface area contributed by atoms with E-state index in [9.17, 15) is 19.2 Å². The average molecular weight is 665 g/mol. The number of methoxy groups -OCH3 is 1. The van der Waals surface area contributed by atoms with Crippen LogP contribution < -0.4 is 10.1 Å². The van der Waals surface area contributed by atoms with E-state index in [2.05, 4.69) is 5.32 Å². The van der Waals surface area contributed by atoms with Crippen molar-refractivity contribution in [2.75, 3.05) is 66.5 Å². The highest BCUT2D eigenvalue weighted by Crippen LogP contribution is 2.28. The molecular formula is C36H44N2O10. The number of imide groups is 1. The van der Waals surface area contributed by atoms with Crippen molar-refractivity contribution in [2.45, 2.75) is 38.3 Å². The van der Waals surface area contributed by atoms with Crippen molar-refractivity contribution in [3.05, 3.63) is 89.0 Å². The molecule has 2 aliphatic rings. The van der Waals surface area contributed by atoms with E-state index in [0.717, 1.165) is 17.5 Å². The molecule has 0 fully saturated rings. The standard InChI is InChI=1S/C36H44N2O10/c1-43-29-13-11-27(12-14-29)25-32(36(42)48-26-28-7-3-2-4-8-28)37-33(39)15-17-44-19-21-46-23-24-47-22-20-45-18-16-38-34(40)30-9-5-6-10-31(30)35(38)41/h2-5,7-9,11-14,32H,6,10,15-26H2,1H3,(H,37,39). The molecule has 1 unspecified atom stereocenters. The molecule has 12 heteroatoms. The molecule has 2 aromatic rings. The van der Waals surface area contributed by atoms with Crippen LogP contribution in [0.1, 0.15) is 30.4 Å². The maximum atomic E-state index is 12.9. The van der Waals surface area contributed by atoms with Crippen LogP contribution in [0.3, 0.4) is 0 Å². The number of nitrogens with one attached hydrogen (secondary N) is 1. The number of hydrogen-bond donors (Lipinski definition) is 1. The molecule has 258 valence electrons. The molecule has 48 heavy (non-hydrogen) atoms. The molecule has 4 rings (SSSR count). The van der Waals surface area contributed by atoms with Crippen molar-refractivity contribution < 1.29 is 47.6 Å². The zero-order valence-electron chi connectivity index (χ0n) is 27.4. The van der Waals surface area contributed by atoms with Crippen molar-refractivity contribution in [1.82, 2.24) is 10.2 Å². The fourth-order valence-electron chi connectivity index (χ4n) is 5.06. The fourth-order valence-corrected chi connectivity index (χ4v) is 5.06. The van der Waals surface area contributed by atoms with Crippen molar-refractivity contribution in [3.63, 3.8) is 0 Å². The predicted molar refractivity (Wildman–Crippen MR) is 175 cm³/mol. The first-order chi connectivity index (χ1) is 23.5. The van der Waals surface area contributed by atoms with E-state index in [0.29, 0.717) is 63.0 Å². The molecule has 3 amide bonds. The van der Waals surface area contributed by atoms with Crippen molar-refractivity contribution in [3.8, 4) is 5.75 Å². The van der Waals surface area contributed by atoms with Crippen LogP contribution in [0.5, 0.6) is 5.75 Å². The second kappa shape index (κ2) is 20.1. The van der Waals surface area contributed by atoms with Gasteiger partial charge < -0.3 is 33.7 Å². The highest BCUT2D eigenvalue weighted by Gasteiger charge is 2.36. The van der Waals surface area contributed by atoms with Gasteiger partial charge in [-0.05, 0) is 36.1 Å². The Kier molecular flexibility index (Phi) is 15.3. The van der Waals surface area contributed by atoms with E-state index in [1.54, 1.807) is 25.3 Å². The third-order valence-corrected chi connectivity index (χ3v) is 7.64. The summed E-state index contributed by atoms with van der Waals surface area (Å²) in [5, 5.41) is 2.78. The van der Waals surface area contributed by atoms with Crippen LogP contribution in [-0.2, 0) is 55.9 Å². The van der Waals surface area contributed by atoms with Gasteiger partial charge in [0.15, 0.2) is 0 Å². The average Bonchev–Trinajstić information content (AvgIpc) is 3.36. The lowest BCUT2D eigenvalue weighted by molar-refractivity contribution is -0.149. The lowest BCUT2D eigenvalue weighted by Crippen LogP contribution is -2.43. The van der Waals surface area contributed by atoms with Crippen LogP contribution >= 0.6 is 0 Å². The number of carbonyl (C=O) groups is 4. The summed E-state index contributed by atoms with van der Waals surface area (Å²) in [4.78, 5) is 51.6. The number of nitrogens with zero attached hydrogens (tertiary/aromatic N) is 1. The maximum Gasteiger partial charge on any atom is 0.329 e. The Morgan fingerprint density at radius 1 is 0.792 bits per heavy atom. The zero-order chi connectivity index (χ0) is 34.0. The summed E-state index contributed by atoms with van der Waals surface area (Å²) in [6, 6.07) is 15.8. The molecule has 12 nitrogen and oxygen atoms in total. The molecule has 0 aromatic heterocycles. The Morgan fingerprint density at radius 2 is 1.44 bits per heavy atom. The van der Waals surface area contributed by atoms with Gasteiger partial charge in [-0.25, -0.2) is 4.79 Å². The Balaban J connectivity index is 1.02. The number of amides is 3. The SMILES string of the molecule is COc1ccc(CC(NC(=O)CCOCCOCCOCCOCCN2C(=O)C3=C(CCC=C3)C2=O)C(=O)OCc2ccccc2)cc1. The van der Waals surface area contributed by atoms with Crippen LogP contribution in [0.25, 0.3) is 0 Å². The van der Waals surface area contributed by atoms with E-state index in [-0.39, 0.29) is 56.9 Å². The smallest absolute Gasteiger partial charge is 0.329 e. The summed E-state index contributed by atoms with van der Waals surface area (Å²) in [5.74, 6) is -0.610. The number of rotatable bonds is 22. The van der Waals surface area contributed by atoms with Crippen LogP contribution in [0.4, 0.5) is 0 Å². The largest absolute Gasteiger partial charge is 0.497 e. The Bertz CT molecular complexity index is 1410. The summed E-state index contributed by atoms with van der Waals surface area (Å²) in [7, 11) is 1.58. The van der Waals surface area contributed by atoms with Gasteiger partial charge in [0.1, 0.15) is 18.4 Å². The third kappa shape index (κ3) is 11.7. The molecule has 1 N–H and O–H groups in total. The molecule has 0 saturated heterocycles. The molecule has 0 saturated carbocycles. The first-order valence-corrected chi connectivity index (χ1v) is 16.2. The summed E-state index contributed by atoms with van der Waals surface area (Å²) in [6.07, 6.45) is 5.37. The number of carbonyl (C=O) groups excluding carboxylic acids is 4. The van der Waals surface area contributed by atoms with Crippen LogP contribution in [-0.4, -0.2) is 101 Å². The molecule has 1 aliphatic heterocycles. The normalized spacial score (nSPS) is 14.6. The number of hydrogen-bond acceptors (Lipinski definition) is 10. The number of esters is 1. The molecule has 0 radical (unpaired) electrons. The number of ether oxygens (including phenoxy) is 6. The molecule has 1 aliphatic carbocycles. The zero-order valence-corrected chi connectivity index (χ0v) is 27.4. The summed E-state index contributed by atoms with van der Waals surface area (Å²) >= 11 is 0. The van der Waals surface area contributed by atoms with Crippen LogP contribution in [0.2, 0.25) is 0 Å². The predicted octanol–water partition coefficient (Wildman–Crippen LogP) is 2.94.